The molecule has 0 aromatic carbocycles. The van der Waals surface area contributed by atoms with Crippen LogP contribution in [0.25, 0.3) is 0 Å². The van der Waals surface area contributed by atoms with Crippen LogP contribution in [-0.4, -0.2) is 25.2 Å². The first-order chi connectivity index (χ1) is 6.65. The lowest BCUT2D eigenvalue weighted by Gasteiger charge is -2.35. The number of Topliss-reactive ketones (excluding diaryl/α,β-unsaturated/α-hetero) is 1. The van der Waals surface area contributed by atoms with Gasteiger partial charge in [-0.3, -0.25) is 4.79 Å². The highest BCUT2D eigenvalue weighted by Gasteiger charge is 2.44. The first-order valence-electron chi connectivity index (χ1n) is 5.03. The molecule has 3 nitrogen and oxygen atoms in total. The van der Waals surface area contributed by atoms with Gasteiger partial charge in [-0.25, -0.2) is 8.42 Å². The van der Waals surface area contributed by atoms with Crippen LogP contribution >= 0.6 is 0 Å². The highest BCUT2D eigenvalue weighted by Crippen LogP contribution is 2.36. The first kappa shape index (κ1) is 12.4. The van der Waals surface area contributed by atoms with Gasteiger partial charge in [0.1, 0.15) is 11.5 Å². The molecule has 0 amide bonds. The van der Waals surface area contributed by atoms with Crippen LogP contribution in [-0.2, 0) is 14.6 Å². The number of sulfone groups is 1. The summed E-state index contributed by atoms with van der Waals surface area (Å²) >= 11 is 0. The third-order valence-corrected chi connectivity index (χ3v) is 4.93. The van der Waals surface area contributed by atoms with Crippen LogP contribution in [0.5, 0.6) is 0 Å². The molecular formula is C11H18O3S. The Morgan fingerprint density at radius 1 is 1.40 bits per heavy atom. The molecule has 0 aliphatic carbocycles. The van der Waals surface area contributed by atoms with Gasteiger partial charge in [0.15, 0.2) is 9.84 Å². The summed E-state index contributed by atoms with van der Waals surface area (Å²) in [4.78, 5) is 11.3. The smallest absolute Gasteiger partial charge is 0.164 e. The molecule has 0 aromatic rings. The SMILES string of the molecule is CC(C)=CC1C(C)(C)CC(=O)CS1(=O)=O. The minimum atomic E-state index is -3.30. The van der Waals surface area contributed by atoms with Gasteiger partial charge >= 0.3 is 0 Å². The van der Waals surface area contributed by atoms with E-state index in [-0.39, 0.29) is 11.5 Å². The molecule has 0 radical (unpaired) electrons. The molecule has 86 valence electrons. The normalized spacial score (nSPS) is 28.5. The molecule has 0 N–H and O–H groups in total. The lowest BCUT2D eigenvalue weighted by molar-refractivity contribution is -0.118. The molecule has 15 heavy (non-hydrogen) atoms. The zero-order valence-corrected chi connectivity index (χ0v) is 10.5. The molecule has 0 saturated carbocycles. The highest BCUT2D eigenvalue weighted by molar-refractivity contribution is 7.93. The minimum absolute atomic E-state index is 0.168. The van der Waals surface area contributed by atoms with Crippen LogP contribution in [0.15, 0.2) is 11.6 Å². The second-order valence-corrected chi connectivity index (χ2v) is 7.30. The fourth-order valence-electron chi connectivity index (χ4n) is 2.09. The summed E-state index contributed by atoms with van der Waals surface area (Å²) in [5.74, 6) is -0.469. The van der Waals surface area contributed by atoms with Crippen molar-refractivity contribution in [1.29, 1.82) is 0 Å². The van der Waals surface area contributed by atoms with Crippen LogP contribution in [0.1, 0.15) is 34.1 Å². The Balaban J connectivity index is 3.20. The standard InChI is InChI=1S/C11H18O3S/c1-8(2)5-10-11(3,4)6-9(12)7-15(10,13)14/h5,10H,6-7H2,1-4H3. The molecule has 0 aromatic heterocycles. The molecule has 1 aliphatic heterocycles. The maximum atomic E-state index is 11.9. The maximum Gasteiger partial charge on any atom is 0.164 e. The van der Waals surface area contributed by atoms with E-state index in [0.29, 0.717) is 6.42 Å². The largest absolute Gasteiger partial charge is 0.299 e. The summed E-state index contributed by atoms with van der Waals surface area (Å²) in [7, 11) is -3.30. The van der Waals surface area contributed by atoms with Crippen molar-refractivity contribution in [3.63, 3.8) is 0 Å². The predicted molar refractivity (Wildman–Crippen MR) is 60.4 cm³/mol. The number of carbonyl (C=O) groups is 1. The zero-order chi connectivity index (χ0) is 11.9. The molecule has 1 unspecified atom stereocenters. The van der Waals surface area contributed by atoms with E-state index < -0.39 is 20.5 Å². The van der Waals surface area contributed by atoms with E-state index in [9.17, 15) is 13.2 Å². The Kier molecular flexibility index (Phi) is 3.10. The third kappa shape index (κ3) is 2.68. The Morgan fingerprint density at radius 3 is 2.33 bits per heavy atom. The van der Waals surface area contributed by atoms with Crippen molar-refractivity contribution in [1.82, 2.24) is 0 Å². The average molecular weight is 230 g/mol. The van der Waals surface area contributed by atoms with Gasteiger partial charge in [-0.1, -0.05) is 25.5 Å². The van der Waals surface area contributed by atoms with Crippen LogP contribution in [0.2, 0.25) is 0 Å². The molecule has 1 aliphatic rings. The Hall–Kier alpha value is -0.640. The van der Waals surface area contributed by atoms with Crippen molar-refractivity contribution in [3.05, 3.63) is 11.6 Å². The molecular weight excluding hydrogens is 212 g/mol. The fourth-order valence-corrected chi connectivity index (χ4v) is 4.36. The molecule has 0 spiro atoms. The molecule has 1 fully saturated rings. The van der Waals surface area contributed by atoms with Gasteiger partial charge in [-0.05, 0) is 19.3 Å². The number of rotatable bonds is 1. The maximum absolute atomic E-state index is 11.9. The number of ketones is 1. The van der Waals surface area contributed by atoms with Gasteiger partial charge in [-0.15, -0.1) is 0 Å². The Morgan fingerprint density at radius 2 is 1.93 bits per heavy atom. The summed E-state index contributed by atoms with van der Waals surface area (Å²) in [6.45, 7) is 7.43. The molecule has 4 heteroatoms. The van der Waals surface area contributed by atoms with Gasteiger partial charge < -0.3 is 0 Å². The number of hydrogen-bond acceptors (Lipinski definition) is 3. The highest BCUT2D eigenvalue weighted by atomic mass is 32.2. The van der Waals surface area contributed by atoms with Crippen molar-refractivity contribution in [2.75, 3.05) is 5.75 Å². The van der Waals surface area contributed by atoms with Crippen molar-refractivity contribution < 1.29 is 13.2 Å². The van der Waals surface area contributed by atoms with Crippen LogP contribution in [0.3, 0.4) is 0 Å². The lowest BCUT2D eigenvalue weighted by atomic mass is 9.82. The van der Waals surface area contributed by atoms with Crippen molar-refractivity contribution in [2.45, 2.75) is 39.4 Å². The van der Waals surface area contributed by atoms with E-state index in [0.717, 1.165) is 5.57 Å². The van der Waals surface area contributed by atoms with Crippen LogP contribution < -0.4 is 0 Å². The molecule has 1 rings (SSSR count). The second kappa shape index (κ2) is 3.74. The molecule has 1 saturated heterocycles. The predicted octanol–water partition coefficient (Wildman–Crippen LogP) is 1.74. The van der Waals surface area contributed by atoms with E-state index in [2.05, 4.69) is 0 Å². The minimum Gasteiger partial charge on any atom is -0.299 e. The zero-order valence-electron chi connectivity index (χ0n) is 9.70. The summed E-state index contributed by atoms with van der Waals surface area (Å²) < 4.78 is 23.8. The number of carbonyl (C=O) groups excluding carboxylic acids is 1. The van der Waals surface area contributed by atoms with Gasteiger partial charge in [0, 0.05) is 6.42 Å². The van der Waals surface area contributed by atoms with E-state index in [1.54, 1.807) is 6.08 Å². The molecule has 0 bridgehead atoms. The van der Waals surface area contributed by atoms with E-state index >= 15 is 0 Å². The topological polar surface area (TPSA) is 51.2 Å². The van der Waals surface area contributed by atoms with Gasteiger partial charge in [0.2, 0.25) is 0 Å². The quantitative estimate of drug-likeness (QED) is 0.645. The monoisotopic (exact) mass is 230 g/mol. The van der Waals surface area contributed by atoms with Gasteiger partial charge in [0.05, 0.1) is 5.25 Å². The fraction of sp³-hybridized carbons (Fsp3) is 0.727. The Labute approximate surface area is 91.5 Å². The van der Waals surface area contributed by atoms with Gasteiger partial charge in [0.25, 0.3) is 0 Å². The number of allylic oxidation sites excluding steroid dienone is 1. The van der Waals surface area contributed by atoms with E-state index in [1.807, 2.05) is 27.7 Å². The summed E-state index contributed by atoms with van der Waals surface area (Å²) in [6.07, 6.45) is 2.11. The summed E-state index contributed by atoms with van der Waals surface area (Å²) in [5, 5.41) is -0.521. The van der Waals surface area contributed by atoms with E-state index in [4.69, 9.17) is 0 Å². The van der Waals surface area contributed by atoms with Crippen molar-refractivity contribution >= 4 is 15.6 Å². The Bertz CT molecular complexity index is 398. The second-order valence-electron chi connectivity index (χ2n) is 5.18. The van der Waals surface area contributed by atoms with Crippen molar-refractivity contribution in [3.8, 4) is 0 Å². The van der Waals surface area contributed by atoms with Crippen LogP contribution in [0.4, 0.5) is 0 Å². The van der Waals surface area contributed by atoms with Gasteiger partial charge in [-0.2, -0.15) is 0 Å². The van der Waals surface area contributed by atoms with Crippen LogP contribution in [0, 0.1) is 5.41 Å². The summed E-state index contributed by atoms with van der Waals surface area (Å²) in [5.41, 5.74) is 0.497. The third-order valence-electron chi connectivity index (χ3n) is 2.66. The first-order valence-corrected chi connectivity index (χ1v) is 6.75. The number of hydrogen-bond donors (Lipinski definition) is 0. The average Bonchev–Trinajstić information content (AvgIpc) is 1.94. The lowest BCUT2D eigenvalue weighted by Crippen LogP contribution is -2.45. The molecule has 1 heterocycles. The molecule has 1 atom stereocenters. The van der Waals surface area contributed by atoms with E-state index in [1.165, 1.54) is 0 Å². The van der Waals surface area contributed by atoms with Crippen molar-refractivity contribution in [2.24, 2.45) is 5.41 Å². The summed E-state index contributed by atoms with van der Waals surface area (Å²) in [6, 6.07) is 0.